The number of hydrogen-bond donors (Lipinski definition) is 0. The third-order valence-corrected chi connectivity index (χ3v) is 6.45. The van der Waals surface area contributed by atoms with Crippen LogP contribution in [0.15, 0.2) is 36.5 Å². The molecular formula is C21H19ClF3N5O2. The number of fused-ring (bicyclic) bond motifs is 1. The van der Waals surface area contributed by atoms with Crippen LogP contribution in [0.3, 0.4) is 0 Å². The second kappa shape index (κ2) is 7.93. The van der Waals surface area contributed by atoms with Crippen molar-refractivity contribution in [3.63, 3.8) is 0 Å². The molecule has 0 radical (unpaired) electrons. The average molecular weight is 466 g/mol. The molecule has 1 saturated heterocycles. The summed E-state index contributed by atoms with van der Waals surface area (Å²) in [4.78, 5) is 6.24. The molecule has 0 N–H and O–H groups in total. The number of anilines is 1. The lowest BCUT2D eigenvalue weighted by molar-refractivity contribution is -0.139. The topological polar surface area (TPSA) is 65.3 Å². The van der Waals surface area contributed by atoms with E-state index in [1.54, 1.807) is 29.0 Å². The Morgan fingerprint density at radius 1 is 1.25 bits per heavy atom. The van der Waals surface area contributed by atoms with Crippen LogP contribution in [0.4, 0.5) is 19.1 Å². The second-order valence-electron chi connectivity index (χ2n) is 7.94. The normalized spacial score (nSPS) is 21.8. The van der Waals surface area contributed by atoms with E-state index in [1.165, 1.54) is 19.2 Å². The van der Waals surface area contributed by atoms with Gasteiger partial charge in [0.1, 0.15) is 12.4 Å². The predicted molar refractivity (Wildman–Crippen MR) is 110 cm³/mol. The van der Waals surface area contributed by atoms with Crippen LogP contribution in [0.5, 0.6) is 5.88 Å². The molecule has 168 valence electrons. The summed E-state index contributed by atoms with van der Waals surface area (Å²) in [7, 11) is 1.50. The minimum absolute atomic E-state index is 0.195. The molecule has 1 saturated carbocycles. The van der Waals surface area contributed by atoms with Gasteiger partial charge in [-0.1, -0.05) is 17.7 Å². The van der Waals surface area contributed by atoms with E-state index < -0.39 is 13.2 Å². The molecule has 5 rings (SSSR count). The number of hydrogen-bond acceptors (Lipinski definition) is 6. The zero-order chi connectivity index (χ0) is 22.5. The highest BCUT2D eigenvalue weighted by atomic mass is 35.5. The number of nitrogens with zero attached hydrogens (tertiary/aromatic N) is 5. The monoisotopic (exact) mass is 465 g/mol. The summed E-state index contributed by atoms with van der Waals surface area (Å²) in [6, 6.07) is 7.89. The number of rotatable bonds is 7. The van der Waals surface area contributed by atoms with E-state index >= 15 is 0 Å². The number of benzene rings is 1. The molecule has 1 aliphatic carbocycles. The average Bonchev–Trinajstić information content (AvgIpc) is 3.12. The maximum Gasteiger partial charge on any atom is 0.345 e. The summed E-state index contributed by atoms with van der Waals surface area (Å²) >= 11 is 6.35. The number of pyridine rings is 1. The SMILES string of the molecule is COc1ccc(-n2c(COC(F)F)nnc2N2C[C@@H]3C[C@]3(c3ccc(F)cc3Cl)C2)cn1. The summed E-state index contributed by atoms with van der Waals surface area (Å²) in [6.45, 7) is -2.06. The zero-order valence-corrected chi connectivity index (χ0v) is 17.8. The summed E-state index contributed by atoms with van der Waals surface area (Å²) in [6.07, 6.45) is 2.50. The van der Waals surface area contributed by atoms with Crippen LogP contribution in [0, 0.1) is 11.7 Å². The van der Waals surface area contributed by atoms with Gasteiger partial charge in [0, 0.05) is 29.6 Å². The van der Waals surface area contributed by atoms with Crippen LogP contribution in [0.25, 0.3) is 5.69 Å². The van der Waals surface area contributed by atoms with Crippen LogP contribution >= 0.6 is 11.6 Å². The van der Waals surface area contributed by atoms with Crippen molar-refractivity contribution in [2.75, 3.05) is 25.1 Å². The Labute approximate surface area is 186 Å². The van der Waals surface area contributed by atoms with Gasteiger partial charge in [0.2, 0.25) is 11.8 Å². The van der Waals surface area contributed by atoms with E-state index in [-0.39, 0.29) is 17.1 Å². The minimum Gasteiger partial charge on any atom is -0.481 e. The maximum absolute atomic E-state index is 13.5. The number of aromatic nitrogens is 4. The molecule has 2 fully saturated rings. The number of methoxy groups -OCH3 is 1. The fraction of sp³-hybridized carbons (Fsp3) is 0.381. The lowest BCUT2D eigenvalue weighted by atomic mass is 9.95. The Morgan fingerprint density at radius 2 is 2.09 bits per heavy atom. The Hall–Kier alpha value is -2.85. The minimum atomic E-state index is -2.93. The molecule has 2 aliphatic rings. The highest BCUT2D eigenvalue weighted by Gasteiger charge is 2.62. The van der Waals surface area contributed by atoms with E-state index in [4.69, 9.17) is 16.3 Å². The summed E-state index contributed by atoms with van der Waals surface area (Å²) < 4.78 is 50.1. The predicted octanol–water partition coefficient (Wildman–Crippen LogP) is 3.98. The molecule has 32 heavy (non-hydrogen) atoms. The first-order valence-corrected chi connectivity index (χ1v) is 10.3. The van der Waals surface area contributed by atoms with Gasteiger partial charge in [0.05, 0.1) is 19.0 Å². The Balaban J connectivity index is 1.48. The van der Waals surface area contributed by atoms with E-state index in [2.05, 4.69) is 19.9 Å². The van der Waals surface area contributed by atoms with Gasteiger partial charge in [-0.15, -0.1) is 10.2 Å². The van der Waals surface area contributed by atoms with Crippen LogP contribution in [0.1, 0.15) is 17.8 Å². The summed E-state index contributed by atoms with van der Waals surface area (Å²) in [5.74, 6) is 1.08. The first-order chi connectivity index (χ1) is 15.4. The summed E-state index contributed by atoms with van der Waals surface area (Å²) in [5.41, 5.74) is 1.30. The van der Waals surface area contributed by atoms with Gasteiger partial charge in [-0.2, -0.15) is 8.78 Å². The lowest BCUT2D eigenvalue weighted by Crippen LogP contribution is -2.29. The Morgan fingerprint density at radius 3 is 2.78 bits per heavy atom. The third kappa shape index (κ3) is 3.57. The zero-order valence-electron chi connectivity index (χ0n) is 17.0. The number of alkyl halides is 2. The molecule has 11 heteroatoms. The van der Waals surface area contributed by atoms with Crippen molar-refractivity contribution in [3.8, 4) is 11.6 Å². The van der Waals surface area contributed by atoms with Gasteiger partial charge < -0.3 is 14.4 Å². The first kappa shape index (κ1) is 21.0. The summed E-state index contributed by atoms with van der Waals surface area (Å²) in [5, 5.41) is 8.77. The standard InChI is InChI=1S/C21H19ClF3N5O2/c1-31-18-5-3-14(8-26-18)30-17(10-32-19(24)25)27-28-20(30)29-9-12-7-21(12,11-29)15-4-2-13(23)6-16(15)22/h2-6,8,12,19H,7,9-11H2,1H3/t12-,21-/m0/s1. The van der Waals surface area contributed by atoms with Crippen LogP contribution in [-0.4, -0.2) is 46.6 Å². The van der Waals surface area contributed by atoms with E-state index in [0.29, 0.717) is 41.5 Å². The number of ether oxygens (including phenoxy) is 2. The van der Waals surface area contributed by atoms with Crippen molar-refractivity contribution in [3.05, 3.63) is 58.8 Å². The van der Waals surface area contributed by atoms with Gasteiger partial charge in [0.25, 0.3) is 0 Å². The van der Waals surface area contributed by atoms with E-state index in [1.807, 2.05) is 4.90 Å². The van der Waals surface area contributed by atoms with E-state index in [0.717, 1.165) is 12.0 Å². The smallest absolute Gasteiger partial charge is 0.345 e. The molecule has 0 spiro atoms. The maximum atomic E-state index is 13.5. The van der Waals surface area contributed by atoms with Gasteiger partial charge in [-0.25, -0.2) is 9.37 Å². The number of halogens is 4. The van der Waals surface area contributed by atoms with Crippen molar-refractivity contribution in [2.24, 2.45) is 5.92 Å². The molecular weight excluding hydrogens is 447 g/mol. The van der Waals surface area contributed by atoms with Crippen molar-refractivity contribution >= 4 is 17.5 Å². The Kier molecular flexibility index (Phi) is 5.21. The first-order valence-electron chi connectivity index (χ1n) is 9.96. The van der Waals surface area contributed by atoms with Gasteiger partial charge in [0.15, 0.2) is 5.82 Å². The molecule has 1 aliphatic heterocycles. The highest BCUT2D eigenvalue weighted by Crippen LogP contribution is 2.60. The number of piperidine rings is 1. The molecule has 2 aromatic heterocycles. The molecule has 7 nitrogen and oxygen atoms in total. The molecule has 0 bridgehead atoms. The van der Waals surface area contributed by atoms with Crippen molar-refractivity contribution < 1.29 is 22.6 Å². The van der Waals surface area contributed by atoms with Crippen LogP contribution < -0.4 is 9.64 Å². The van der Waals surface area contributed by atoms with Crippen molar-refractivity contribution in [1.82, 2.24) is 19.7 Å². The van der Waals surface area contributed by atoms with Gasteiger partial charge >= 0.3 is 6.61 Å². The third-order valence-electron chi connectivity index (χ3n) is 6.14. The molecule has 0 unspecified atom stereocenters. The fourth-order valence-electron chi connectivity index (χ4n) is 4.58. The molecule has 3 heterocycles. The van der Waals surface area contributed by atoms with Gasteiger partial charge in [-0.3, -0.25) is 4.57 Å². The van der Waals surface area contributed by atoms with Crippen LogP contribution in [-0.2, 0) is 16.8 Å². The largest absolute Gasteiger partial charge is 0.481 e. The molecule has 0 amide bonds. The van der Waals surface area contributed by atoms with E-state index in [9.17, 15) is 13.2 Å². The fourth-order valence-corrected chi connectivity index (χ4v) is 4.93. The van der Waals surface area contributed by atoms with Crippen molar-refractivity contribution in [1.29, 1.82) is 0 Å². The lowest BCUT2D eigenvalue weighted by Gasteiger charge is -2.23. The molecule has 2 atom stereocenters. The Bertz CT molecular complexity index is 1140. The second-order valence-corrected chi connectivity index (χ2v) is 8.35. The molecule has 1 aromatic carbocycles. The van der Waals surface area contributed by atoms with Gasteiger partial charge in [-0.05, 0) is 36.1 Å². The molecule has 3 aromatic rings. The highest BCUT2D eigenvalue weighted by molar-refractivity contribution is 6.31. The van der Waals surface area contributed by atoms with Crippen LogP contribution in [0.2, 0.25) is 5.02 Å². The van der Waals surface area contributed by atoms with Crippen molar-refractivity contribution in [2.45, 2.75) is 25.1 Å². The quantitative estimate of drug-likeness (QED) is 0.526.